The molecule has 2 aromatic carbocycles. The third-order valence-corrected chi connectivity index (χ3v) is 4.24. The molecule has 22 heavy (non-hydrogen) atoms. The third-order valence-electron chi connectivity index (χ3n) is 3.39. The molecule has 0 fully saturated rings. The normalized spacial score (nSPS) is 13.7. The van der Waals surface area contributed by atoms with Crippen LogP contribution in [0.25, 0.3) is 0 Å². The molecule has 0 bridgehead atoms. The fraction of sp³-hybridized carbons (Fsp3) is 0. The molecular weight excluding hydrogens is 312 g/mol. The van der Waals surface area contributed by atoms with Crippen LogP contribution in [0.3, 0.4) is 0 Å². The SMILES string of the molecule is O=C1c2ccc(S(=O)(=O)O)cc2C(=O)c2c(O)ccc(O)c21. The fourth-order valence-corrected chi connectivity index (χ4v) is 2.89. The summed E-state index contributed by atoms with van der Waals surface area (Å²) < 4.78 is 31.3. The molecule has 0 heterocycles. The zero-order chi connectivity index (χ0) is 16.2. The number of ketones is 2. The molecule has 0 radical (unpaired) electrons. The molecule has 0 amide bonds. The first-order valence-corrected chi connectivity index (χ1v) is 7.41. The van der Waals surface area contributed by atoms with Gasteiger partial charge in [-0.3, -0.25) is 14.1 Å². The zero-order valence-corrected chi connectivity index (χ0v) is 11.6. The molecule has 1 aliphatic carbocycles. The van der Waals surface area contributed by atoms with Crippen LogP contribution in [-0.4, -0.2) is 34.8 Å². The van der Waals surface area contributed by atoms with Crippen molar-refractivity contribution in [1.82, 2.24) is 0 Å². The number of phenolic OH excluding ortho intramolecular Hbond substituents is 2. The molecular formula is C14H8O7S. The highest BCUT2D eigenvalue weighted by molar-refractivity contribution is 7.85. The van der Waals surface area contributed by atoms with Crippen LogP contribution in [0, 0.1) is 0 Å². The van der Waals surface area contributed by atoms with Gasteiger partial charge in [0.25, 0.3) is 10.1 Å². The van der Waals surface area contributed by atoms with Gasteiger partial charge >= 0.3 is 0 Å². The van der Waals surface area contributed by atoms with E-state index in [0.717, 1.165) is 30.3 Å². The van der Waals surface area contributed by atoms with Crippen molar-refractivity contribution in [2.75, 3.05) is 0 Å². The lowest BCUT2D eigenvalue weighted by Gasteiger charge is -2.19. The molecule has 0 atom stereocenters. The second-order valence-electron chi connectivity index (χ2n) is 4.69. The summed E-state index contributed by atoms with van der Waals surface area (Å²) in [6, 6.07) is 5.04. The van der Waals surface area contributed by atoms with E-state index in [4.69, 9.17) is 4.55 Å². The van der Waals surface area contributed by atoms with Crippen molar-refractivity contribution in [3.8, 4) is 11.5 Å². The highest BCUT2D eigenvalue weighted by Crippen LogP contribution is 2.37. The second kappa shape index (κ2) is 4.39. The van der Waals surface area contributed by atoms with E-state index < -0.39 is 43.6 Å². The highest BCUT2D eigenvalue weighted by Gasteiger charge is 2.35. The van der Waals surface area contributed by atoms with Crippen LogP contribution >= 0.6 is 0 Å². The Morgan fingerprint density at radius 1 is 0.773 bits per heavy atom. The summed E-state index contributed by atoms with van der Waals surface area (Å²) in [5, 5.41) is 19.5. The summed E-state index contributed by atoms with van der Waals surface area (Å²) in [7, 11) is -4.55. The van der Waals surface area contributed by atoms with Gasteiger partial charge in [0.2, 0.25) is 0 Å². The summed E-state index contributed by atoms with van der Waals surface area (Å²) in [5.74, 6) is -2.51. The van der Waals surface area contributed by atoms with Gasteiger partial charge in [0.15, 0.2) is 11.6 Å². The number of phenols is 2. The molecule has 0 saturated carbocycles. The van der Waals surface area contributed by atoms with E-state index in [0.29, 0.717) is 0 Å². The van der Waals surface area contributed by atoms with Crippen molar-refractivity contribution < 1.29 is 32.8 Å². The Morgan fingerprint density at radius 3 is 1.77 bits per heavy atom. The molecule has 0 spiro atoms. The number of hydrogen-bond acceptors (Lipinski definition) is 6. The van der Waals surface area contributed by atoms with Gasteiger partial charge in [-0.2, -0.15) is 8.42 Å². The molecule has 0 aromatic heterocycles. The molecule has 3 N–H and O–H groups in total. The molecule has 2 aromatic rings. The van der Waals surface area contributed by atoms with Crippen LogP contribution < -0.4 is 0 Å². The van der Waals surface area contributed by atoms with Crippen molar-refractivity contribution in [3.63, 3.8) is 0 Å². The molecule has 7 nitrogen and oxygen atoms in total. The minimum absolute atomic E-state index is 0.120. The lowest BCUT2D eigenvalue weighted by atomic mass is 9.83. The van der Waals surface area contributed by atoms with E-state index in [1.165, 1.54) is 0 Å². The molecule has 8 heteroatoms. The third kappa shape index (κ3) is 1.89. The van der Waals surface area contributed by atoms with Gasteiger partial charge in [0, 0.05) is 11.1 Å². The Labute approximate surface area is 124 Å². The van der Waals surface area contributed by atoms with Crippen molar-refractivity contribution in [2.24, 2.45) is 0 Å². The lowest BCUT2D eigenvalue weighted by Crippen LogP contribution is -2.21. The summed E-state index contributed by atoms with van der Waals surface area (Å²) in [6.07, 6.45) is 0. The van der Waals surface area contributed by atoms with Crippen LogP contribution in [0.5, 0.6) is 11.5 Å². The quantitative estimate of drug-likeness (QED) is 0.452. The second-order valence-corrected chi connectivity index (χ2v) is 6.12. The van der Waals surface area contributed by atoms with Gasteiger partial charge in [0.1, 0.15) is 11.5 Å². The Hall–Kier alpha value is -2.71. The molecule has 0 aliphatic heterocycles. The lowest BCUT2D eigenvalue weighted by molar-refractivity contribution is 0.0974. The van der Waals surface area contributed by atoms with Crippen molar-refractivity contribution in [3.05, 3.63) is 52.6 Å². The highest BCUT2D eigenvalue weighted by atomic mass is 32.2. The monoisotopic (exact) mass is 320 g/mol. The molecule has 0 unspecified atom stereocenters. The summed E-state index contributed by atoms with van der Waals surface area (Å²) in [5.41, 5.74) is -1.12. The summed E-state index contributed by atoms with van der Waals surface area (Å²) in [4.78, 5) is 24.2. The van der Waals surface area contributed by atoms with Crippen molar-refractivity contribution in [2.45, 2.75) is 4.90 Å². The number of benzene rings is 2. The number of hydrogen-bond donors (Lipinski definition) is 3. The predicted molar refractivity (Wildman–Crippen MR) is 72.9 cm³/mol. The topological polar surface area (TPSA) is 129 Å². The Morgan fingerprint density at radius 2 is 1.27 bits per heavy atom. The van der Waals surface area contributed by atoms with E-state index in [2.05, 4.69) is 0 Å². The van der Waals surface area contributed by atoms with Crippen LogP contribution in [0.4, 0.5) is 0 Å². The predicted octanol–water partition coefficient (Wildman–Crippen LogP) is 1.12. The van der Waals surface area contributed by atoms with Crippen LogP contribution in [0.2, 0.25) is 0 Å². The van der Waals surface area contributed by atoms with Crippen LogP contribution in [0.1, 0.15) is 31.8 Å². The van der Waals surface area contributed by atoms with Crippen LogP contribution in [-0.2, 0) is 10.1 Å². The first-order chi connectivity index (χ1) is 10.2. The summed E-state index contributed by atoms with van der Waals surface area (Å²) >= 11 is 0. The largest absolute Gasteiger partial charge is 0.507 e. The minimum Gasteiger partial charge on any atom is -0.507 e. The van der Waals surface area contributed by atoms with Crippen molar-refractivity contribution >= 4 is 21.7 Å². The van der Waals surface area contributed by atoms with E-state index >= 15 is 0 Å². The van der Waals surface area contributed by atoms with Crippen molar-refractivity contribution in [1.29, 1.82) is 0 Å². The van der Waals surface area contributed by atoms with E-state index in [1.807, 2.05) is 0 Å². The van der Waals surface area contributed by atoms with Gasteiger partial charge < -0.3 is 10.2 Å². The standard InChI is InChI=1S/C14H8O7S/c15-9-3-4-10(16)12-11(9)13(17)7-2-1-6(22(19,20)21)5-8(7)14(12)18/h1-5,15-16H,(H,19,20,21). The minimum atomic E-state index is -4.55. The smallest absolute Gasteiger partial charge is 0.294 e. The number of fused-ring (bicyclic) bond motifs is 2. The van der Waals surface area contributed by atoms with Gasteiger partial charge in [-0.25, -0.2) is 0 Å². The first kappa shape index (κ1) is 14.2. The molecule has 3 rings (SSSR count). The van der Waals surface area contributed by atoms with E-state index in [9.17, 15) is 28.2 Å². The van der Waals surface area contributed by atoms with Gasteiger partial charge in [-0.05, 0) is 30.3 Å². The van der Waals surface area contributed by atoms with Gasteiger partial charge in [-0.15, -0.1) is 0 Å². The maximum absolute atomic E-state index is 12.4. The number of carbonyl (C=O) groups excluding carboxylic acids is 2. The van der Waals surface area contributed by atoms with Gasteiger partial charge in [0.05, 0.1) is 16.0 Å². The average molecular weight is 320 g/mol. The zero-order valence-electron chi connectivity index (χ0n) is 10.8. The maximum atomic E-state index is 12.4. The maximum Gasteiger partial charge on any atom is 0.294 e. The summed E-state index contributed by atoms with van der Waals surface area (Å²) in [6.45, 7) is 0. The molecule has 0 saturated heterocycles. The number of carbonyl (C=O) groups is 2. The molecule has 112 valence electrons. The Bertz CT molecular complexity index is 957. The Balaban J connectivity index is 2.35. The molecule has 1 aliphatic rings. The average Bonchev–Trinajstić information content (AvgIpc) is 2.45. The van der Waals surface area contributed by atoms with E-state index in [-0.39, 0.29) is 16.7 Å². The number of rotatable bonds is 1. The number of aromatic hydroxyl groups is 2. The van der Waals surface area contributed by atoms with Gasteiger partial charge in [-0.1, -0.05) is 0 Å². The van der Waals surface area contributed by atoms with E-state index in [1.54, 1.807) is 0 Å². The first-order valence-electron chi connectivity index (χ1n) is 5.97. The fourth-order valence-electron chi connectivity index (χ4n) is 2.38. The van der Waals surface area contributed by atoms with Crippen LogP contribution in [0.15, 0.2) is 35.2 Å². The Kier molecular flexibility index (Phi) is 2.84.